The minimum atomic E-state index is -0.247. The van der Waals surface area contributed by atoms with Crippen LogP contribution in [0.3, 0.4) is 0 Å². The van der Waals surface area contributed by atoms with Crippen LogP contribution in [0.2, 0.25) is 0 Å². The number of rotatable bonds is 6. The van der Waals surface area contributed by atoms with E-state index in [4.69, 9.17) is 0 Å². The zero-order chi connectivity index (χ0) is 18.4. The Morgan fingerprint density at radius 2 is 1.73 bits per heavy atom. The van der Waals surface area contributed by atoms with Crippen LogP contribution in [0.4, 0.5) is 0 Å². The van der Waals surface area contributed by atoms with E-state index in [9.17, 15) is 9.59 Å². The van der Waals surface area contributed by atoms with Gasteiger partial charge in [-0.05, 0) is 11.6 Å². The molecule has 1 N–H and O–H groups in total. The van der Waals surface area contributed by atoms with Gasteiger partial charge in [0.25, 0.3) is 11.5 Å². The summed E-state index contributed by atoms with van der Waals surface area (Å²) in [6, 6.07) is 13.3. The molecule has 0 saturated carbocycles. The molecule has 0 aliphatic carbocycles. The Hall–Kier alpha value is -2.51. The SMILES string of the molecule is Cn1nc(C(=O)NCCN2CCN(Cc3ccccc3)CC2)ccc1=O. The maximum atomic E-state index is 12.1. The Labute approximate surface area is 153 Å². The van der Waals surface area contributed by atoms with E-state index in [1.807, 2.05) is 6.07 Å². The summed E-state index contributed by atoms with van der Waals surface area (Å²) in [6.45, 7) is 6.44. The van der Waals surface area contributed by atoms with Crippen molar-refractivity contribution < 1.29 is 4.79 Å². The molecule has 3 rings (SSSR count). The first-order valence-corrected chi connectivity index (χ1v) is 8.93. The zero-order valence-corrected chi connectivity index (χ0v) is 15.1. The van der Waals surface area contributed by atoms with Crippen molar-refractivity contribution in [3.05, 3.63) is 64.1 Å². The summed E-state index contributed by atoms with van der Waals surface area (Å²) in [5, 5.41) is 6.83. The highest BCUT2D eigenvalue weighted by atomic mass is 16.2. The van der Waals surface area contributed by atoms with E-state index in [1.54, 1.807) is 0 Å². The molecule has 7 nitrogen and oxygen atoms in total. The predicted octanol–water partition coefficient (Wildman–Crippen LogP) is 0.328. The molecule has 2 heterocycles. The zero-order valence-electron chi connectivity index (χ0n) is 15.1. The quantitative estimate of drug-likeness (QED) is 0.809. The van der Waals surface area contributed by atoms with Crippen LogP contribution in [-0.4, -0.2) is 64.8 Å². The van der Waals surface area contributed by atoms with Gasteiger partial charge in [0, 0.05) is 58.9 Å². The number of amides is 1. The van der Waals surface area contributed by atoms with Crippen molar-refractivity contribution in [2.75, 3.05) is 39.3 Å². The standard InChI is InChI=1S/C19H25N5O2/c1-22-18(25)8-7-17(21-22)19(26)20-9-10-23-11-13-24(14-12-23)15-16-5-3-2-4-6-16/h2-8H,9-15H2,1H3,(H,20,26). The van der Waals surface area contributed by atoms with Crippen LogP contribution in [0, 0.1) is 0 Å². The monoisotopic (exact) mass is 355 g/mol. The van der Waals surface area contributed by atoms with Gasteiger partial charge in [0.15, 0.2) is 0 Å². The third kappa shape index (κ3) is 5.00. The second-order valence-electron chi connectivity index (χ2n) is 6.54. The van der Waals surface area contributed by atoms with Crippen molar-refractivity contribution >= 4 is 5.91 Å². The van der Waals surface area contributed by atoms with Gasteiger partial charge >= 0.3 is 0 Å². The lowest BCUT2D eigenvalue weighted by atomic mass is 10.2. The number of nitrogens with zero attached hydrogens (tertiary/aromatic N) is 4. The maximum Gasteiger partial charge on any atom is 0.271 e. The fourth-order valence-electron chi connectivity index (χ4n) is 3.05. The Kier molecular flexibility index (Phi) is 6.14. The van der Waals surface area contributed by atoms with E-state index in [0.717, 1.165) is 39.3 Å². The summed E-state index contributed by atoms with van der Waals surface area (Å²) in [5.74, 6) is -0.247. The second kappa shape index (κ2) is 8.73. The fourth-order valence-corrected chi connectivity index (χ4v) is 3.05. The van der Waals surface area contributed by atoms with Crippen LogP contribution in [0.25, 0.3) is 0 Å². The molecule has 1 aliphatic rings. The van der Waals surface area contributed by atoms with Crippen LogP contribution >= 0.6 is 0 Å². The van der Waals surface area contributed by atoms with E-state index in [0.29, 0.717) is 6.54 Å². The molecular formula is C19H25N5O2. The van der Waals surface area contributed by atoms with Crippen molar-refractivity contribution in [3.63, 3.8) is 0 Å². The topological polar surface area (TPSA) is 70.5 Å². The normalized spacial score (nSPS) is 15.7. The van der Waals surface area contributed by atoms with Crippen LogP contribution < -0.4 is 10.9 Å². The number of benzene rings is 1. The molecule has 138 valence electrons. The largest absolute Gasteiger partial charge is 0.349 e. The summed E-state index contributed by atoms with van der Waals surface area (Å²) in [6.07, 6.45) is 0. The van der Waals surface area contributed by atoms with Crippen LogP contribution in [0.5, 0.6) is 0 Å². The molecule has 1 saturated heterocycles. The molecule has 1 aliphatic heterocycles. The summed E-state index contributed by atoms with van der Waals surface area (Å²) >= 11 is 0. The number of hydrogen-bond acceptors (Lipinski definition) is 5. The molecule has 7 heteroatoms. The summed E-state index contributed by atoms with van der Waals surface area (Å²) < 4.78 is 1.17. The van der Waals surface area contributed by atoms with Crippen LogP contribution in [0.1, 0.15) is 16.1 Å². The molecule has 1 aromatic carbocycles. The van der Waals surface area contributed by atoms with E-state index >= 15 is 0 Å². The molecule has 1 amide bonds. The van der Waals surface area contributed by atoms with Gasteiger partial charge in [-0.1, -0.05) is 30.3 Å². The average molecular weight is 355 g/mol. The Morgan fingerprint density at radius 1 is 1.04 bits per heavy atom. The van der Waals surface area contributed by atoms with Crippen molar-refractivity contribution in [2.24, 2.45) is 7.05 Å². The smallest absolute Gasteiger partial charge is 0.271 e. The van der Waals surface area contributed by atoms with Gasteiger partial charge in [-0.3, -0.25) is 19.4 Å². The fraction of sp³-hybridized carbons (Fsp3) is 0.421. The molecular weight excluding hydrogens is 330 g/mol. The molecule has 0 unspecified atom stereocenters. The summed E-state index contributed by atoms with van der Waals surface area (Å²) in [4.78, 5) is 28.2. The third-order valence-electron chi connectivity index (χ3n) is 4.62. The first-order valence-electron chi connectivity index (χ1n) is 8.93. The summed E-state index contributed by atoms with van der Waals surface area (Å²) in [5.41, 5.74) is 1.38. The highest BCUT2D eigenvalue weighted by Crippen LogP contribution is 2.08. The Bertz CT molecular complexity index is 782. The third-order valence-corrected chi connectivity index (χ3v) is 4.62. The van der Waals surface area contributed by atoms with Crippen LogP contribution in [-0.2, 0) is 13.6 Å². The van der Waals surface area contributed by atoms with Crippen LogP contribution in [0.15, 0.2) is 47.3 Å². The molecule has 2 aromatic rings. The lowest BCUT2D eigenvalue weighted by Crippen LogP contribution is -2.48. The maximum absolute atomic E-state index is 12.1. The number of carbonyl (C=O) groups is 1. The van der Waals surface area contributed by atoms with E-state index in [-0.39, 0.29) is 17.2 Å². The molecule has 1 fully saturated rings. The van der Waals surface area contributed by atoms with Gasteiger partial charge in [-0.15, -0.1) is 0 Å². The van der Waals surface area contributed by atoms with Crippen molar-refractivity contribution in [3.8, 4) is 0 Å². The number of nitrogens with one attached hydrogen (secondary N) is 1. The van der Waals surface area contributed by atoms with Crippen molar-refractivity contribution in [1.29, 1.82) is 0 Å². The molecule has 26 heavy (non-hydrogen) atoms. The van der Waals surface area contributed by atoms with E-state index in [1.165, 1.54) is 29.4 Å². The van der Waals surface area contributed by atoms with Gasteiger partial charge in [0.1, 0.15) is 5.69 Å². The minimum Gasteiger partial charge on any atom is -0.349 e. The molecule has 1 aromatic heterocycles. The van der Waals surface area contributed by atoms with E-state index in [2.05, 4.69) is 44.5 Å². The highest BCUT2D eigenvalue weighted by molar-refractivity contribution is 5.91. The number of aryl methyl sites for hydroxylation is 1. The second-order valence-corrected chi connectivity index (χ2v) is 6.54. The van der Waals surface area contributed by atoms with Gasteiger partial charge in [0.05, 0.1) is 0 Å². The van der Waals surface area contributed by atoms with Gasteiger partial charge in [0.2, 0.25) is 0 Å². The van der Waals surface area contributed by atoms with Gasteiger partial charge < -0.3 is 5.32 Å². The lowest BCUT2D eigenvalue weighted by Gasteiger charge is -2.34. The lowest BCUT2D eigenvalue weighted by molar-refractivity contribution is 0.0927. The predicted molar refractivity (Wildman–Crippen MR) is 100.0 cm³/mol. The van der Waals surface area contributed by atoms with Crippen molar-refractivity contribution in [1.82, 2.24) is 24.9 Å². The molecule has 0 bridgehead atoms. The molecule has 0 atom stereocenters. The number of carbonyl (C=O) groups excluding carboxylic acids is 1. The van der Waals surface area contributed by atoms with Gasteiger partial charge in [-0.2, -0.15) is 5.10 Å². The first-order chi connectivity index (χ1) is 12.6. The highest BCUT2D eigenvalue weighted by Gasteiger charge is 2.17. The number of aromatic nitrogens is 2. The van der Waals surface area contributed by atoms with Crippen molar-refractivity contribution in [2.45, 2.75) is 6.54 Å². The first kappa shape index (κ1) is 18.3. The number of hydrogen-bond donors (Lipinski definition) is 1. The Morgan fingerprint density at radius 3 is 2.42 bits per heavy atom. The minimum absolute atomic E-state index is 0.227. The Balaban J connectivity index is 1.38. The number of piperazine rings is 1. The van der Waals surface area contributed by atoms with E-state index < -0.39 is 0 Å². The molecule has 0 spiro atoms. The summed E-state index contributed by atoms with van der Waals surface area (Å²) in [7, 11) is 1.54. The molecule has 0 radical (unpaired) electrons. The van der Waals surface area contributed by atoms with Gasteiger partial charge in [-0.25, -0.2) is 4.68 Å². The average Bonchev–Trinajstić information content (AvgIpc) is 2.66.